The number of hydrogen-bond donors (Lipinski definition) is 1. The predicted molar refractivity (Wildman–Crippen MR) is 74.1 cm³/mol. The van der Waals surface area contributed by atoms with Crippen molar-refractivity contribution in [3.63, 3.8) is 0 Å². The maximum absolute atomic E-state index is 6.26. The molecule has 0 unspecified atom stereocenters. The maximum atomic E-state index is 6.26. The highest BCUT2D eigenvalue weighted by Gasteiger charge is 2.34. The third-order valence-corrected chi connectivity index (χ3v) is 3.84. The summed E-state index contributed by atoms with van der Waals surface area (Å²) < 4.78 is 16.2. The third kappa shape index (κ3) is 2.48. The Morgan fingerprint density at radius 3 is 2.05 bits per heavy atom. The van der Waals surface area contributed by atoms with E-state index in [1.54, 1.807) is 21.3 Å². The van der Waals surface area contributed by atoms with Crippen LogP contribution in [0.1, 0.15) is 17.9 Å². The van der Waals surface area contributed by atoms with Gasteiger partial charge in [0.15, 0.2) is 0 Å². The van der Waals surface area contributed by atoms with Gasteiger partial charge in [0.1, 0.15) is 17.2 Å². The van der Waals surface area contributed by atoms with Crippen molar-refractivity contribution in [1.29, 1.82) is 0 Å². The van der Waals surface area contributed by atoms with Crippen LogP contribution in [0.15, 0.2) is 12.1 Å². The van der Waals surface area contributed by atoms with Crippen molar-refractivity contribution in [1.82, 2.24) is 4.90 Å². The molecule has 0 radical (unpaired) electrons. The number of rotatable bonds is 4. The quantitative estimate of drug-likeness (QED) is 0.893. The van der Waals surface area contributed by atoms with Gasteiger partial charge in [-0.15, -0.1) is 0 Å². The monoisotopic (exact) mass is 266 g/mol. The van der Waals surface area contributed by atoms with E-state index >= 15 is 0 Å². The molecule has 1 saturated heterocycles. The molecule has 0 bridgehead atoms. The van der Waals surface area contributed by atoms with Crippen molar-refractivity contribution in [3.05, 3.63) is 17.7 Å². The Morgan fingerprint density at radius 2 is 1.68 bits per heavy atom. The Hall–Kier alpha value is -1.46. The summed E-state index contributed by atoms with van der Waals surface area (Å²) >= 11 is 0. The fourth-order valence-electron chi connectivity index (χ4n) is 2.68. The molecule has 0 aliphatic carbocycles. The summed E-state index contributed by atoms with van der Waals surface area (Å²) in [5, 5.41) is 0. The zero-order valence-electron chi connectivity index (χ0n) is 12.0. The molecule has 5 nitrogen and oxygen atoms in total. The van der Waals surface area contributed by atoms with Gasteiger partial charge < -0.3 is 19.9 Å². The average molecular weight is 266 g/mol. The van der Waals surface area contributed by atoms with Crippen LogP contribution in [0.3, 0.4) is 0 Å². The van der Waals surface area contributed by atoms with Crippen molar-refractivity contribution in [2.24, 2.45) is 5.73 Å². The van der Waals surface area contributed by atoms with E-state index in [1.807, 2.05) is 19.2 Å². The molecular formula is C14H22N2O3. The van der Waals surface area contributed by atoms with Crippen molar-refractivity contribution in [3.8, 4) is 17.2 Å². The topological polar surface area (TPSA) is 57.0 Å². The molecule has 2 atom stereocenters. The van der Waals surface area contributed by atoms with Crippen LogP contribution in [0.4, 0.5) is 0 Å². The van der Waals surface area contributed by atoms with Crippen LogP contribution in [-0.2, 0) is 0 Å². The molecule has 1 aliphatic rings. The molecule has 5 heteroatoms. The Kier molecular flexibility index (Phi) is 4.17. The van der Waals surface area contributed by atoms with Gasteiger partial charge in [0, 0.05) is 30.2 Å². The number of benzene rings is 1. The first-order valence-corrected chi connectivity index (χ1v) is 6.38. The van der Waals surface area contributed by atoms with Gasteiger partial charge in [-0.3, -0.25) is 4.90 Å². The van der Waals surface area contributed by atoms with Crippen LogP contribution in [0.5, 0.6) is 17.2 Å². The van der Waals surface area contributed by atoms with Crippen LogP contribution in [-0.4, -0.2) is 46.0 Å². The molecule has 1 fully saturated rings. The fourth-order valence-corrected chi connectivity index (χ4v) is 2.68. The zero-order chi connectivity index (χ0) is 14.0. The van der Waals surface area contributed by atoms with Crippen LogP contribution in [0, 0.1) is 0 Å². The standard InChI is InChI=1S/C14H22N2O3/c1-16-6-5-10(14(16)15)13-11(18-3)7-9(17-2)8-12(13)19-4/h7-8,10,14H,5-6,15H2,1-4H3/t10-,14+/m0/s1. The van der Waals surface area contributed by atoms with E-state index in [0.717, 1.165) is 35.8 Å². The molecule has 1 aliphatic heterocycles. The Labute approximate surface area is 114 Å². The lowest BCUT2D eigenvalue weighted by atomic mass is 9.93. The summed E-state index contributed by atoms with van der Waals surface area (Å²) in [5.41, 5.74) is 7.29. The fraction of sp³-hybridized carbons (Fsp3) is 0.571. The minimum absolute atomic E-state index is 0.0174. The largest absolute Gasteiger partial charge is 0.496 e. The Morgan fingerprint density at radius 1 is 1.11 bits per heavy atom. The maximum Gasteiger partial charge on any atom is 0.129 e. The van der Waals surface area contributed by atoms with E-state index in [9.17, 15) is 0 Å². The van der Waals surface area contributed by atoms with Crippen LogP contribution in [0.2, 0.25) is 0 Å². The van der Waals surface area contributed by atoms with Gasteiger partial charge in [-0.1, -0.05) is 0 Å². The Bertz CT molecular complexity index is 425. The molecule has 1 aromatic carbocycles. The van der Waals surface area contributed by atoms with Gasteiger partial charge >= 0.3 is 0 Å². The first kappa shape index (κ1) is 14.0. The van der Waals surface area contributed by atoms with E-state index in [-0.39, 0.29) is 12.1 Å². The number of ether oxygens (including phenoxy) is 3. The van der Waals surface area contributed by atoms with Gasteiger partial charge in [-0.05, 0) is 13.5 Å². The van der Waals surface area contributed by atoms with Gasteiger partial charge in [0.2, 0.25) is 0 Å². The number of hydrogen-bond acceptors (Lipinski definition) is 5. The Balaban J connectivity index is 2.48. The highest BCUT2D eigenvalue weighted by Crippen LogP contribution is 2.43. The lowest BCUT2D eigenvalue weighted by Crippen LogP contribution is -2.36. The van der Waals surface area contributed by atoms with Crippen LogP contribution in [0.25, 0.3) is 0 Å². The van der Waals surface area contributed by atoms with Crippen molar-refractivity contribution < 1.29 is 14.2 Å². The first-order chi connectivity index (χ1) is 9.12. The summed E-state index contributed by atoms with van der Waals surface area (Å²) in [6.45, 7) is 0.976. The summed E-state index contributed by atoms with van der Waals surface area (Å²) in [6, 6.07) is 3.76. The van der Waals surface area contributed by atoms with Gasteiger partial charge in [0.05, 0.1) is 27.5 Å². The second kappa shape index (κ2) is 5.67. The van der Waals surface area contributed by atoms with E-state index in [4.69, 9.17) is 19.9 Å². The molecule has 106 valence electrons. The van der Waals surface area contributed by atoms with Crippen molar-refractivity contribution in [2.45, 2.75) is 18.5 Å². The van der Waals surface area contributed by atoms with E-state index in [0.29, 0.717) is 0 Å². The first-order valence-electron chi connectivity index (χ1n) is 6.38. The zero-order valence-corrected chi connectivity index (χ0v) is 12.0. The van der Waals surface area contributed by atoms with E-state index in [1.165, 1.54) is 0 Å². The lowest BCUT2D eigenvalue weighted by Gasteiger charge is -2.24. The van der Waals surface area contributed by atoms with Crippen LogP contribution >= 0.6 is 0 Å². The number of nitrogens with zero attached hydrogens (tertiary/aromatic N) is 1. The highest BCUT2D eigenvalue weighted by molar-refractivity contribution is 5.53. The minimum atomic E-state index is -0.0174. The average Bonchev–Trinajstić information content (AvgIpc) is 2.77. The van der Waals surface area contributed by atoms with Gasteiger partial charge in [0.25, 0.3) is 0 Å². The second-order valence-corrected chi connectivity index (χ2v) is 4.81. The molecule has 1 heterocycles. The molecule has 2 rings (SSSR count). The summed E-state index contributed by atoms with van der Waals surface area (Å²) in [4.78, 5) is 2.15. The number of methoxy groups -OCH3 is 3. The molecule has 19 heavy (non-hydrogen) atoms. The summed E-state index contributed by atoms with van der Waals surface area (Å²) in [7, 11) is 6.97. The number of likely N-dealkylation sites (tertiary alicyclic amines) is 1. The number of nitrogens with two attached hydrogens (primary N) is 1. The summed E-state index contributed by atoms with van der Waals surface area (Å²) in [6.07, 6.45) is 0.979. The van der Waals surface area contributed by atoms with Gasteiger partial charge in [-0.2, -0.15) is 0 Å². The van der Waals surface area contributed by atoms with E-state index < -0.39 is 0 Å². The molecule has 0 spiro atoms. The molecule has 1 aromatic rings. The number of likely N-dealkylation sites (N-methyl/N-ethyl adjacent to an activating group) is 1. The van der Waals surface area contributed by atoms with E-state index in [2.05, 4.69) is 4.90 Å². The highest BCUT2D eigenvalue weighted by atomic mass is 16.5. The second-order valence-electron chi connectivity index (χ2n) is 4.81. The normalized spacial score (nSPS) is 23.4. The predicted octanol–water partition coefficient (Wildman–Crippen LogP) is 1.42. The smallest absolute Gasteiger partial charge is 0.129 e. The molecule has 0 saturated carbocycles. The minimum Gasteiger partial charge on any atom is -0.496 e. The van der Waals surface area contributed by atoms with Gasteiger partial charge in [-0.25, -0.2) is 0 Å². The molecular weight excluding hydrogens is 244 g/mol. The molecule has 0 amide bonds. The SMILES string of the molecule is COc1cc(OC)c([C@@H]2CCN(C)[C@H]2N)c(OC)c1. The van der Waals surface area contributed by atoms with Crippen molar-refractivity contribution >= 4 is 0 Å². The van der Waals surface area contributed by atoms with Crippen molar-refractivity contribution in [2.75, 3.05) is 34.9 Å². The lowest BCUT2D eigenvalue weighted by molar-refractivity contribution is 0.297. The molecule has 0 aromatic heterocycles. The molecule has 2 N–H and O–H groups in total. The van der Waals surface area contributed by atoms with Crippen LogP contribution < -0.4 is 19.9 Å². The summed E-state index contributed by atoms with van der Waals surface area (Å²) in [5.74, 6) is 2.47. The third-order valence-electron chi connectivity index (χ3n) is 3.84.